The van der Waals surface area contributed by atoms with E-state index in [2.05, 4.69) is 25.6 Å². The smallest absolute Gasteiger partial charge is 0.311 e. The van der Waals surface area contributed by atoms with E-state index in [1.807, 2.05) is 48.5 Å². The van der Waals surface area contributed by atoms with Gasteiger partial charge in [-0.3, -0.25) is 24.7 Å². The number of benzene rings is 3. The first-order valence-corrected chi connectivity index (χ1v) is 11.0. The number of esters is 1. The van der Waals surface area contributed by atoms with Gasteiger partial charge in [0.25, 0.3) is 11.5 Å². The fourth-order valence-corrected chi connectivity index (χ4v) is 3.36. The van der Waals surface area contributed by atoms with E-state index in [9.17, 15) is 14.4 Å². The normalized spacial score (nSPS) is 11.2. The van der Waals surface area contributed by atoms with Crippen LogP contribution in [0.15, 0.2) is 88.6 Å². The predicted octanol–water partition coefficient (Wildman–Crippen LogP) is 3.56. The van der Waals surface area contributed by atoms with E-state index < -0.39 is 17.4 Å². The average Bonchev–Trinajstić information content (AvgIpc) is 2.84. The van der Waals surface area contributed by atoms with Crippen LogP contribution in [0.2, 0.25) is 0 Å². The summed E-state index contributed by atoms with van der Waals surface area (Å²) in [5.74, 6) is -0.936. The summed E-state index contributed by atoms with van der Waals surface area (Å²) in [7, 11) is 0. The minimum atomic E-state index is -0.507. The molecule has 0 saturated heterocycles. The van der Waals surface area contributed by atoms with Crippen molar-refractivity contribution in [2.45, 2.75) is 13.3 Å². The van der Waals surface area contributed by atoms with Crippen molar-refractivity contribution in [2.24, 2.45) is 4.99 Å². The van der Waals surface area contributed by atoms with Gasteiger partial charge >= 0.3 is 5.97 Å². The highest BCUT2D eigenvalue weighted by Crippen LogP contribution is 2.19. The zero-order valence-electron chi connectivity index (χ0n) is 18.9. The molecule has 4 aromatic rings. The van der Waals surface area contributed by atoms with Gasteiger partial charge in [0.15, 0.2) is 0 Å². The zero-order chi connectivity index (χ0) is 24.6. The summed E-state index contributed by atoms with van der Waals surface area (Å²) in [6.45, 7) is 1.91. The third-order valence-corrected chi connectivity index (χ3v) is 4.91. The highest BCUT2D eigenvalue weighted by molar-refractivity contribution is 6.10. The second-order valence-electron chi connectivity index (χ2n) is 7.51. The molecule has 1 heterocycles. The van der Waals surface area contributed by atoms with E-state index in [1.165, 1.54) is 6.07 Å². The van der Waals surface area contributed by atoms with Gasteiger partial charge in [0.2, 0.25) is 11.9 Å². The minimum Gasteiger partial charge on any atom is -0.466 e. The number of guanidine groups is 1. The number of rotatable bonds is 6. The summed E-state index contributed by atoms with van der Waals surface area (Å²) in [5.41, 5.74) is 0.807. The number of carbonyl (C=O) groups is 2. The summed E-state index contributed by atoms with van der Waals surface area (Å²) in [4.78, 5) is 47.9. The molecule has 0 radical (unpaired) electrons. The van der Waals surface area contributed by atoms with E-state index in [4.69, 9.17) is 4.74 Å². The van der Waals surface area contributed by atoms with Crippen LogP contribution in [-0.2, 0) is 16.0 Å². The Balaban J connectivity index is 1.67. The van der Waals surface area contributed by atoms with Gasteiger partial charge in [0, 0.05) is 17.3 Å². The van der Waals surface area contributed by atoms with Crippen LogP contribution < -0.4 is 16.2 Å². The minimum absolute atomic E-state index is 0.0468. The molecule has 0 fully saturated rings. The lowest BCUT2D eigenvalue weighted by molar-refractivity contribution is -0.142. The highest BCUT2D eigenvalue weighted by atomic mass is 16.5. The topological polar surface area (TPSA) is 126 Å². The lowest BCUT2D eigenvalue weighted by atomic mass is 10.1. The Kier molecular flexibility index (Phi) is 7.27. The quantitative estimate of drug-likeness (QED) is 0.225. The number of nitrogens with zero attached hydrogens (tertiary/aromatic N) is 2. The number of aliphatic imine (C=N–C) groups is 1. The molecule has 9 nitrogen and oxygen atoms in total. The van der Waals surface area contributed by atoms with Crippen molar-refractivity contribution in [1.82, 2.24) is 15.3 Å². The zero-order valence-corrected chi connectivity index (χ0v) is 18.9. The summed E-state index contributed by atoms with van der Waals surface area (Å²) < 4.78 is 4.93. The maximum atomic E-state index is 12.8. The van der Waals surface area contributed by atoms with Crippen molar-refractivity contribution in [2.75, 3.05) is 11.9 Å². The number of anilines is 1. The number of hydrogen-bond donors (Lipinski definition) is 3. The van der Waals surface area contributed by atoms with Crippen LogP contribution in [0.5, 0.6) is 0 Å². The summed E-state index contributed by atoms with van der Waals surface area (Å²) in [6.07, 6.45) is -0.176. The number of nitrogens with one attached hydrogen (secondary N) is 3. The molecular weight excluding hydrogens is 446 g/mol. The number of ether oxygens (including phenoxy) is 1. The van der Waals surface area contributed by atoms with Gasteiger partial charge in [0.05, 0.1) is 18.7 Å². The molecule has 0 atom stereocenters. The molecule has 1 aromatic heterocycles. The van der Waals surface area contributed by atoms with Gasteiger partial charge < -0.3 is 10.1 Å². The van der Waals surface area contributed by atoms with E-state index in [0.29, 0.717) is 11.3 Å². The van der Waals surface area contributed by atoms with Gasteiger partial charge in [-0.1, -0.05) is 48.5 Å². The number of amides is 1. The van der Waals surface area contributed by atoms with Gasteiger partial charge in [-0.15, -0.1) is 0 Å². The van der Waals surface area contributed by atoms with Crippen molar-refractivity contribution in [3.8, 4) is 0 Å². The molecule has 1 amide bonds. The fraction of sp³-hybridized carbons (Fsp3) is 0.115. The van der Waals surface area contributed by atoms with Crippen molar-refractivity contribution < 1.29 is 14.3 Å². The lowest BCUT2D eigenvalue weighted by Crippen LogP contribution is -2.36. The Hall–Kier alpha value is -4.79. The maximum Gasteiger partial charge on any atom is 0.311 e. The van der Waals surface area contributed by atoms with Crippen LogP contribution in [-0.4, -0.2) is 34.4 Å². The molecule has 0 aliphatic carbocycles. The average molecular weight is 470 g/mol. The molecule has 0 spiro atoms. The largest absolute Gasteiger partial charge is 0.466 e. The third-order valence-electron chi connectivity index (χ3n) is 4.91. The van der Waals surface area contributed by atoms with Crippen molar-refractivity contribution in [1.29, 1.82) is 0 Å². The van der Waals surface area contributed by atoms with Crippen LogP contribution >= 0.6 is 0 Å². The summed E-state index contributed by atoms with van der Waals surface area (Å²) >= 11 is 0. The number of carbonyl (C=O) groups excluding carboxylic acids is 2. The molecule has 0 unspecified atom stereocenters. The molecule has 4 rings (SSSR count). The second kappa shape index (κ2) is 10.9. The lowest BCUT2D eigenvalue weighted by Gasteiger charge is -2.12. The summed E-state index contributed by atoms with van der Waals surface area (Å²) in [6, 6.07) is 23.4. The second-order valence-corrected chi connectivity index (χ2v) is 7.51. The molecule has 0 aliphatic heterocycles. The molecule has 0 bridgehead atoms. The SMILES string of the molecule is CCOC(=O)Cc1cc(=O)[nH]c(/N=C(\NC(=O)c2ccccc2)Nc2ccc3ccccc3c2)n1. The third kappa shape index (κ3) is 6.38. The van der Waals surface area contributed by atoms with Crippen molar-refractivity contribution in [3.05, 3.63) is 100 Å². The van der Waals surface area contributed by atoms with E-state index in [0.717, 1.165) is 10.8 Å². The van der Waals surface area contributed by atoms with Crippen LogP contribution in [0.3, 0.4) is 0 Å². The van der Waals surface area contributed by atoms with E-state index in [1.54, 1.807) is 31.2 Å². The molecule has 0 saturated carbocycles. The number of aromatic nitrogens is 2. The molecule has 3 N–H and O–H groups in total. The molecule has 35 heavy (non-hydrogen) atoms. The summed E-state index contributed by atoms with van der Waals surface area (Å²) in [5, 5.41) is 7.86. The van der Waals surface area contributed by atoms with E-state index >= 15 is 0 Å². The maximum absolute atomic E-state index is 12.8. The Morgan fingerprint density at radius 1 is 0.971 bits per heavy atom. The van der Waals surface area contributed by atoms with Gasteiger partial charge in [-0.25, -0.2) is 4.98 Å². The van der Waals surface area contributed by atoms with Crippen LogP contribution in [0.25, 0.3) is 10.8 Å². The highest BCUT2D eigenvalue weighted by Gasteiger charge is 2.12. The van der Waals surface area contributed by atoms with Crippen LogP contribution in [0, 0.1) is 0 Å². The molecule has 9 heteroatoms. The van der Waals surface area contributed by atoms with Gasteiger partial charge in [0.1, 0.15) is 0 Å². The predicted molar refractivity (Wildman–Crippen MR) is 134 cm³/mol. The fourth-order valence-electron chi connectivity index (χ4n) is 3.36. The van der Waals surface area contributed by atoms with Crippen LogP contribution in [0.4, 0.5) is 11.6 Å². The Morgan fingerprint density at radius 3 is 2.49 bits per heavy atom. The molecular formula is C26H23N5O4. The first-order valence-electron chi connectivity index (χ1n) is 11.0. The van der Waals surface area contributed by atoms with Crippen molar-refractivity contribution >= 4 is 40.2 Å². The number of H-pyrrole nitrogens is 1. The Labute approximate surface area is 200 Å². The van der Waals surface area contributed by atoms with Crippen molar-refractivity contribution in [3.63, 3.8) is 0 Å². The first kappa shape index (κ1) is 23.4. The number of aromatic amines is 1. The number of fused-ring (bicyclic) bond motifs is 1. The standard InChI is InChI=1S/C26H23N5O4/c1-2-35-23(33)16-21-15-22(32)29-25(28-21)31-26(30-24(34)18-9-4-3-5-10-18)27-20-13-12-17-8-6-7-11-19(17)14-20/h3-15H,2,16H2,1H3,(H3,27,28,29,30,31,32,34). The molecule has 0 aliphatic rings. The monoisotopic (exact) mass is 469 g/mol. The molecule has 176 valence electrons. The van der Waals surface area contributed by atoms with Gasteiger partial charge in [-0.05, 0) is 42.0 Å². The van der Waals surface area contributed by atoms with Crippen LogP contribution in [0.1, 0.15) is 23.0 Å². The molecule has 3 aromatic carbocycles. The van der Waals surface area contributed by atoms with Gasteiger partial charge in [-0.2, -0.15) is 4.99 Å². The van der Waals surface area contributed by atoms with E-state index in [-0.39, 0.29) is 30.6 Å². The Morgan fingerprint density at radius 2 is 1.71 bits per heavy atom. The Bertz CT molecular complexity index is 1450. The first-order chi connectivity index (χ1) is 17.0. The number of hydrogen-bond acceptors (Lipinski definition) is 6.